The van der Waals surface area contributed by atoms with Crippen molar-refractivity contribution in [2.24, 2.45) is 0 Å². The highest BCUT2D eigenvalue weighted by atomic mass is 35.5. The van der Waals surface area contributed by atoms with Gasteiger partial charge in [0.15, 0.2) is 0 Å². The van der Waals surface area contributed by atoms with Gasteiger partial charge in [0.2, 0.25) is 0 Å². The summed E-state index contributed by atoms with van der Waals surface area (Å²) in [5.74, 6) is -0.00886. The van der Waals surface area contributed by atoms with Gasteiger partial charge in [0, 0.05) is 35.6 Å². The van der Waals surface area contributed by atoms with Crippen LogP contribution in [-0.2, 0) is 16.1 Å². The van der Waals surface area contributed by atoms with Crippen molar-refractivity contribution >= 4 is 35.1 Å². The highest BCUT2D eigenvalue weighted by Gasteiger charge is 2.17. The summed E-state index contributed by atoms with van der Waals surface area (Å²) in [6.07, 6.45) is 0.791. The Hall–Kier alpha value is -2.24. The topological polar surface area (TPSA) is 55.8 Å². The lowest BCUT2D eigenvalue weighted by Gasteiger charge is -2.19. The van der Waals surface area contributed by atoms with Crippen LogP contribution in [0.15, 0.2) is 42.5 Å². The third kappa shape index (κ3) is 6.15. The van der Waals surface area contributed by atoms with Crippen molar-refractivity contribution in [2.45, 2.75) is 19.4 Å². The van der Waals surface area contributed by atoms with E-state index in [2.05, 4.69) is 4.74 Å². The molecule has 0 N–H and O–H groups in total. The number of carbonyl (C=O) groups excluding carboxylic acids is 2. The lowest BCUT2D eigenvalue weighted by Crippen LogP contribution is -2.28. The fraction of sp³-hybridized carbons (Fsp3) is 0.300. The SMILES string of the molecule is COC(=O)CCCN(C)C(=O)c1ccccc1OCc1ccc(Cl)cc1Cl. The van der Waals surface area contributed by atoms with E-state index in [1.807, 2.05) is 0 Å². The molecule has 7 heteroatoms. The van der Waals surface area contributed by atoms with E-state index in [1.54, 1.807) is 54.4 Å². The third-order valence-corrected chi connectivity index (χ3v) is 4.55. The van der Waals surface area contributed by atoms with Gasteiger partial charge in [0.25, 0.3) is 5.91 Å². The second-order valence-corrected chi connectivity index (χ2v) is 6.77. The molecule has 0 radical (unpaired) electrons. The predicted octanol–water partition coefficient (Wildman–Crippen LogP) is 4.60. The average Bonchev–Trinajstić information content (AvgIpc) is 2.66. The maximum atomic E-state index is 12.7. The van der Waals surface area contributed by atoms with Gasteiger partial charge in [-0.25, -0.2) is 0 Å². The number of ether oxygens (including phenoxy) is 2. The molecule has 1 amide bonds. The first kappa shape index (κ1) is 21.1. The van der Waals surface area contributed by atoms with Gasteiger partial charge in [-0.3, -0.25) is 9.59 Å². The molecule has 0 aliphatic heterocycles. The number of hydrogen-bond donors (Lipinski definition) is 0. The number of benzene rings is 2. The Morgan fingerprint density at radius 3 is 2.56 bits per heavy atom. The minimum atomic E-state index is -0.292. The molecular formula is C20H21Cl2NO4. The van der Waals surface area contributed by atoms with Crippen molar-refractivity contribution in [1.29, 1.82) is 0 Å². The molecule has 0 saturated heterocycles. The summed E-state index contributed by atoms with van der Waals surface area (Å²) in [6, 6.07) is 12.2. The molecule has 0 saturated carbocycles. The van der Waals surface area contributed by atoms with Gasteiger partial charge in [-0.2, -0.15) is 0 Å². The number of methoxy groups -OCH3 is 1. The smallest absolute Gasteiger partial charge is 0.305 e. The molecule has 27 heavy (non-hydrogen) atoms. The van der Waals surface area contributed by atoms with Crippen LogP contribution in [0.2, 0.25) is 10.0 Å². The fourth-order valence-electron chi connectivity index (χ4n) is 2.43. The molecule has 5 nitrogen and oxygen atoms in total. The quantitative estimate of drug-likeness (QED) is 0.597. The molecule has 2 rings (SSSR count). The Morgan fingerprint density at radius 1 is 1.11 bits per heavy atom. The summed E-state index contributed by atoms with van der Waals surface area (Å²) in [5, 5.41) is 1.05. The Morgan fingerprint density at radius 2 is 1.85 bits per heavy atom. The second-order valence-electron chi connectivity index (χ2n) is 5.93. The van der Waals surface area contributed by atoms with E-state index in [4.69, 9.17) is 27.9 Å². The van der Waals surface area contributed by atoms with Gasteiger partial charge in [0.1, 0.15) is 12.4 Å². The highest BCUT2D eigenvalue weighted by molar-refractivity contribution is 6.35. The summed E-state index contributed by atoms with van der Waals surface area (Å²) in [6.45, 7) is 0.650. The van der Waals surface area contributed by atoms with Crippen molar-refractivity contribution in [3.63, 3.8) is 0 Å². The lowest BCUT2D eigenvalue weighted by molar-refractivity contribution is -0.140. The summed E-state index contributed by atoms with van der Waals surface area (Å²) in [5.41, 5.74) is 1.22. The van der Waals surface area contributed by atoms with E-state index in [1.165, 1.54) is 7.11 Å². The Labute approximate surface area is 168 Å². The maximum absolute atomic E-state index is 12.7. The number of nitrogens with zero attached hydrogens (tertiary/aromatic N) is 1. The number of hydrogen-bond acceptors (Lipinski definition) is 4. The molecule has 0 spiro atoms. The first-order valence-corrected chi connectivity index (χ1v) is 9.16. The monoisotopic (exact) mass is 409 g/mol. The van der Waals surface area contributed by atoms with Gasteiger partial charge in [-0.05, 0) is 30.7 Å². The van der Waals surface area contributed by atoms with Crippen molar-refractivity contribution in [3.05, 3.63) is 63.6 Å². The number of halogens is 2. The summed E-state index contributed by atoms with van der Waals surface area (Å²) in [7, 11) is 3.03. The van der Waals surface area contributed by atoms with Crippen molar-refractivity contribution in [3.8, 4) is 5.75 Å². The predicted molar refractivity (Wildman–Crippen MR) is 105 cm³/mol. The Bertz CT molecular complexity index is 810. The molecule has 0 aliphatic rings. The van der Waals surface area contributed by atoms with Crippen LogP contribution in [0.5, 0.6) is 5.75 Å². The largest absolute Gasteiger partial charge is 0.488 e. The third-order valence-electron chi connectivity index (χ3n) is 3.96. The minimum absolute atomic E-state index is 0.183. The van der Waals surface area contributed by atoms with Gasteiger partial charge in [-0.15, -0.1) is 0 Å². The summed E-state index contributed by atoms with van der Waals surface area (Å²) >= 11 is 12.1. The van der Waals surface area contributed by atoms with E-state index >= 15 is 0 Å². The minimum Gasteiger partial charge on any atom is -0.488 e. The van der Waals surface area contributed by atoms with Crippen LogP contribution < -0.4 is 4.74 Å². The molecule has 0 heterocycles. The van der Waals surface area contributed by atoms with Crippen LogP contribution >= 0.6 is 23.2 Å². The van der Waals surface area contributed by atoms with E-state index in [9.17, 15) is 9.59 Å². The van der Waals surface area contributed by atoms with E-state index in [0.717, 1.165) is 5.56 Å². The molecule has 0 bridgehead atoms. The van der Waals surface area contributed by atoms with Crippen molar-refractivity contribution in [2.75, 3.05) is 20.7 Å². The second kappa shape index (κ2) is 10.2. The molecule has 2 aromatic rings. The molecule has 0 fully saturated rings. The van der Waals surface area contributed by atoms with Crippen LogP contribution in [0.1, 0.15) is 28.8 Å². The first-order valence-electron chi connectivity index (χ1n) is 8.40. The number of rotatable bonds is 8. The zero-order chi connectivity index (χ0) is 19.8. The fourth-order valence-corrected chi connectivity index (χ4v) is 2.90. The Kier molecular flexibility index (Phi) is 7.95. The average molecular weight is 410 g/mol. The maximum Gasteiger partial charge on any atom is 0.305 e. The Balaban J connectivity index is 2.03. The van der Waals surface area contributed by atoms with Crippen LogP contribution in [-0.4, -0.2) is 37.5 Å². The van der Waals surface area contributed by atoms with Crippen LogP contribution in [0.3, 0.4) is 0 Å². The van der Waals surface area contributed by atoms with Crippen LogP contribution in [0, 0.1) is 0 Å². The normalized spacial score (nSPS) is 10.4. The van der Waals surface area contributed by atoms with Crippen LogP contribution in [0.4, 0.5) is 0 Å². The van der Waals surface area contributed by atoms with Gasteiger partial charge < -0.3 is 14.4 Å². The highest BCUT2D eigenvalue weighted by Crippen LogP contribution is 2.25. The van der Waals surface area contributed by atoms with Gasteiger partial charge in [0.05, 0.1) is 12.7 Å². The molecule has 144 valence electrons. The van der Waals surface area contributed by atoms with Crippen molar-refractivity contribution in [1.82, 2.24) is 4.90 Å². The van der Waals surface area contributed by atoms with E-state index in [-0.39, 0.29) is 24.9 Å². The van der Waals surface area contributed by atoms with E-state index < -0.39 is 0 Å². The first-order chi connectivity index (χ1) is 12.9. The van der Waals surface area contributed by atoms with Crippen molar-refractivity contribution < 1.29 is 19.1 Å². The number of amides is 1. The molecule has 2 aromatic carbocycles. The van der Waals surface area contributed by atoms with Crippen LogP contribution in [0.25, 0.3) is 0 Å². The zero-order valence-electron chi connectivity index (χ0n) is 15.2. The number of esters is 1. The van der Waals surface area contributed by atoms with Gasteiger partial charge in [-0.1, -0.05) is 41.4 Å². The zero-order valence-corrected chi connectivity index (χ0v) is 16.7. The number of para-hydroxylation sites is 1. The standard InChI is InChI=1S/C20H21Cl2NO4/c1-23(11-5-8-19(24)26-2)20(25)16-6-3-4-7-18(16)27-13-14-9-10-15(21)12-17(14)22/h3-4,6-7,9-10,12H,5,8,11,13H2,1-2H3. The molecule has 0 aliphatic carbocycles. The molecular weight excluding hydrogens is 389 g/mol. The number of carbonyl (C=O) groups is 2. The van der Waals surface area contributed by atoms with E-state index in [0.29, 0.717) is 34.3 Å². The molecule has 0 unspecified atom stereocenters. The van der Waals surface area contributed by atoms with Gasteiger partial charge >= 0.3 is 5.97 Å². The summed E-state index contributed by atoms with van der Waals surface area (Å²) < 4.78 is 10.4. The summed E-state index contributed by atoms with van der Waals surface area (Å²) in [4.78, 5) is 25.5. The molecule has 0 aromatic heterocycles. The molecule has 0 atom stereocenters. The lowest BCUT2D eigenvalue weighted by atomic mass is 10.1.